The number of rotatable bonds is 4. The summed E-state index contributed by atoms with van der Waals surface area (Å²) in [6, 6.07) is 8.29. The van der Waals surface area contributed by atoms with Crippen molar-refractivity contribution in [3.63, 3.8) is 0 Å². The van der Waals surface area contributed by atoms with Gasteiger partial charge in [0.2, 0.25) is 5.91 Å². The van der Waals surface area contributed by atoms with Gasteiger partial charge in [0.25, 0.3) is 5.89 Å². The van der Waals surface area contributed by atoms with Gasteiger partial charge in [0.15, 0.2) is 5.82 Å². The van der Waals surface area contributed by atoms with E-state index in [9.17, 15) is 9.18 Å². The molecule has 2 aromatic heterocycles. The molecule has 8 heteroatoms. The van der Waals surface area contributed by atoms with Crippen LogP contribution in [0.4, 0.5) is 10.2 Å². The van der Waals surface area contributed by atoms with Crippen molar-refractivity contribution >= 4 is 11.7 Å². The standard InChI is InChI=1S/C22H24FN5O2/c1-13(2)21-26-22(30-27-21)15-6-8-24-20(11-15)25-19-7-9-28(14(3)29)12-16-10-17(23)4-5-18(16)19/h4-6,8,10-11,13,19H,7,9,12H2,1-3H3,(H,24,25). The number of nitrogens with zero attached hydrogens (tertiary/aromatic N) is 4. The molecular weight excluding hydrogens is 385 g/mol. The molecule has 1 amide bonds. The third-order valence-corrected chi connectivity index (χ3v) is 5.26. The van der Waals surface area contributed by atoms with Crippen molar-refractivity contribution in [1.82, 2.24) is 20.0 Å². The molecule has 4 rings (SSSR count). The van der Waals surface area contributed by atoms with Crippen molar-refractivity contribution in [1.29, 1.82) is 0 Å². The van der Waals surface area contributed by atoms with Gasteiger partial charge >= 0.3 is 0 Å². The molecule has 1 unspecified atom stereocenters. The number of nitrogens with one attached hydrogen (secondary N) is 1. The van der Waals surface area contributed by atoms with Crippen LogP contribution < -0.4 is 5.32 Å². The average molecular weight is 409 g/mol. The zero-order valence-corrected chi connectivity index (χ0v) is 17.2. The Morgan fingerprint density at radius 2 is 2.13 bits per heavy atom. The molecule has 156 valence electrons. The van der Waals surface area contributed by atoms with E-state index in [1.165, 1.54) is 19.1 Å². The normalized spacial score (nSPS) is 16.3. The van der Waals surface area contributed by atoms with Gasteiger partial charge in [-0.2, -0.15) is 4.98 Å². The number of pyridine rings is 1. The van der Waals surface area contributed by atoms with Crippen LogP contribution in [-0.2, 0) is 11.3 Å². The third kappa shape index (κ3) is 4.17. The van der Waals surface area contributed by atoms with Gasteiger partial charge in [-0.3, -0.25) is 4.79 Å². The van der Waals surface area contributed by atoms with E-state index in [-0.39, 0.29) is 23.7 Å². The summed E-state index contributed by atoms with van der Waals surface area (Å²) in [5, 5.41) is 7.45. The minimum atomic E-state index is -0.310. The van der Waals surface area contributed by atoms with E-state index in [4.69, 9.17) is 4.52 Å². The maximum atomic E-state index is 13.8. The monoisotopic (exact) mass is 409 g/mol. The second-order valence-corrected chi connectivity index (χ2v) is 7.81. The number of amides is 1. The highest BCUT2D eigenvalue weighted by Gasteiger charge is 2.24. The van der Waals surface area contributed by atoms with Gasteiger partial charge in [0, 0.05) is 37.7 Å². The van der Waals surface area contributed by atoms with Crippen LogP contribution in [-0.4, -0.2) is 32.5 Å². The van der Waals surface area contributed by atoms with E-state index < -0.39 is 0 Å². The Labute approximate surface area is 174 Å². The molecule has 7 nitrogen and oxygen atoms in total. The van der Waals surface area contributed by atoms with Gasteiger partial charge in [0.05, 0.1) is 6.04 Å². The van der Waals surface area contributed by atoms with Gasteiger partial charge in [-0.15, -0.1) is 0 Å². The Balaban J connectivity index is 1.61. The van der Waals surface area contributed by atoms with Crippen molar-refractivity contribution in [2.24, 2.45) is 0 Å². The van der Waals surface area contributed by atoms with Crippen LogP contribution in [0.3, 0.4) is 0 Å². The molecular formula is C22H24FN5O2. The smallest absolute Gasteiger partial charge is 0.258 e. The van der Waals surface area contributed by atoms with E-state index in [0.717, 1.165) is 16.7 Å². The summed E-state index contributed by atoms with van der Waals surface area (Å²) in [5.41, 5.74) is 2.53. The number of fused-ring (bicyclic) bond motifs is 1. The molecule has 30 heavy (non-hydrogen) atoms. The molecule has 1 atom stereocenters. The molecule has 1 aromatic carbocycles. The van der Waals surface area contributed by atoms with Crippen LogP contribution in [0.1, 0.15) is 56.1 Å². The molecule has 0 saturated carbocycles. The van der Waals surface area contributed by atoms with Gasteiger partial charge in [0.1, 0.15) is 11.6 Å². The molecule has 0 saturated heterocycles. The number of benzene rings is 1. The lowest BCUT2D eigenvalue weighted by molar-refractivity contribution is -0.129. The number of anilines is 1. The van der Waals surface area contributed by atoms with Crippen LogP contribution in [0, 0.1) is 5.82 Å². The highest BCUT2D eigenvalue weighted by Crippen LogP contribution is 2.31. The second kappa shape index (κ2) is 8.22. The maximum absolute atomic E-state index is 13.8. The molecule has 1 N–H and O–H groups in total. The van der Waals surface area contributed by atoms with E-state index in [0.29, 0.717) is 37.0 Å². The Hall–Kier alpha value is -3.29. The van der Waals surface area contributed by atoms with Crippen LogP contribution in [0.25, 0.3) is 11.5 Å². The van der Waals surface area contributed by atoms with Crippen LogP contribution >= 0.6 is 0 Å². The topological polar surface area (TPSA) is 84.2 Å². The van der Waals surface area contributed by atoms with Crippen molar-refractivity contribution in [2.45, 2.75) is 45.7 Å². The summed E-state index contributed by atoms with van der Waals surface area (Å²) in [6.07, 6.45) is 2.36. The molecule has 1 aliphatic heterocycles. The summed E-state index contributed by atoms with van der Waals surface area (Å²) in [5.74, 6) is 1.58. The SMILES string of the molecule is CC(=O)N1CCC(Nc2cc(-c3nc(C(C)C)no3)ccn2)c2ccc(F)cc2C1. The fourth-order valence-electron chi connectivity index (χ4n) is 3.60. The van der Waals surface area contributed by atoms with Crippen LogP contribution in [0.2, 0.25) is 0 Å². The van der Waals surface area contributed by atoms with Crippen molar-refractivity contribution < 1.29 is 13.7 Å². The highest BCUT2D eigenvalue weighted by molar-refractivity contribution is 5.73. The van der Waals surface area contributed by atoms with Gasteiger partial charge in [-0.25, -0.2) is 9.37 Å². The van der Waals surface area contributed by atoms with E-state index >= 15 is 0 Å². The number of hydrogen-bond acceptors (Lipinski definition) is 6. The van der Waals surface area contributed by atoms with Gasteiger partial charge < -0.3 is 14.7 Å². The molecule has 0 bridgehead atoms. The number of halogens is 1. The average Bonchev–Trinajstić information content (AvgIpc) is 3.14. The van der Waals surface area contributed by atoms with Crippen molar-refractivity contribution in [2.75, 3.05) is 11.9 Å². The summed E-state index contributed by atoms with van der Waals surface area (Å²) in [6.45, 7) is 6.52. The largest absolute Gasteiger partial charge is 0.363 e. The maximum Gasteiger partial charge on any atom is 0.258 e. The summed E-state index contributed by atoms with van der Waals surface area (Å²) >= 11 is 0. The summed E-state index contributed by atoms with van der Waals surface area (Å²) in [4.78, 5) is 22.5. The molecule has 0 aliphatic carbocycles. The van der Waals surface area contributed by atoms with E-state index in [1.807, 2.05) is 26.0 Å². The minimum absolute atomic E-state index is 0.0247. The Morgan fingerprint density at radius 3 is 2.87 bits per heavy atom. The minimum Gasteiger partial charge on any atom is -0.363 e. The Bertz CT molecular complexity index is 1070. The molecule has 3 heterocycles. The molecule has 0 radical (unpaired) electrons. The lowest BCUT2D eigenvalue weighted by Crippen LogP contribution is -2.28. The zero-order valence-electron chi connectivity index (χ0n) is 17.2. The first-order chi connectivity index (χ1) is 14.4. The molecule has 0 fully saturated rings. The van der Waals surface area contributed by atoms with Crippen LogP contribution in [0.5, 0.6) is 0 Å². The van der Waals surface area contributed by atoms with Gasteiger partial charge in [-0.1, -0.05) is 25.1 Å². The fraction of sp³-hybridized carbons (Fsp3) is 0.364. The van der Waals surface area contributed by atoms with E-state index in [1.54, 1.807) is 17.2 Å². The first-order valence-corrected chi connectivity index (χ1v) is 10.0. The first-order valence-electron chi connectivity index (χ1n) is 10.0. The number of carbonyl (C=O) groups excluding carboxylic acids is 1. The van der Waals surface area contributed by atoms with Gasteiger partial charge in [-0.05, 0) is 41.8 Å². The van der Waals surface area contributed by atoms with E-state index in [2.05, 4.69) is 20.4 Å². The van der Waals surface area contributed by atoms with Crippen molar-refractivity contribution in [3.8, 4) is 11.5 Å². The Morgan fingerprint density at radius 1 is 1.30 bits per heavy atom. The zero-order chi connectivity index (χ0) is 21.3. The second-order valence-electron chi connectivity index (χ2n) is 7.81. The van der Waals surface area contributed by atoms with Crippen molar-refractivity contribution in [3.05, 3.63) is 59.3 Å². The lowest BCUT2D eigenvalue weighted by atomic mass is 9.99. The summed E-state index contributed by atoms with van der Waals surface area (Å²) < 4.78 is 19.2. The lowest BCUT2D eigenvalue weighted by Gasteiger charge is -2.20. The number of aromatic nitrogens is 3. The predicted molar refractivity (Wildman–Crippen MR) is 110 cm³/mol. The number of hydrogen-bond donors (Lipinski definition) is 1. The highest BCUT2D eigenvalue weighted by atomic mass is 19.1. The molecule has 0 spiro atoms. The molecule has 3 aromatic rings. The quantitative estimate of drug-likeness (QED) is 0.692. The summed E-state index contributed by atoms with van der Waals surface area (Å²) in [7, 11) is 0. The van der Waals surface area contributed by atoms with Crippen LogP contribution in [0.15, 0.2) is 41.1 Å². The Kier molecular flexibility index (Phi) is 5.48. The predicted octanol–water partition coefficient (Wildman–Crippen LogP) is 4.30. The molecule has 1 aliphatic rings. The number of carbonyl (C=O) groups is 1. The third-order valence-electron chi connectivity index (χ3n) is 5.26. The first kappa shape index (κ1) is 20.0. The fourth-order valence-corrected chi connectivity index (χ4v) is 3.60.